The van der Waals surface area contributed by atoms with E-state index in [2.05, 4.69) is 26.1 Å². The first-order chi connectivity index (χ1) is 7.05. The number of hydrogen-bond donors (Lipinski definition) is 1. The minimum atomic E-state index is 0.519. The molecular weight excluding hydrogens is 182 g/mol. The van der Waals surface area contributed by atoms with Gasteiger partial charge < -0.3 is 5.32 Å². The van der Waals surface area contributed by atoms with Crippen molar-refractivity contribution in [1.29, 1.82) is 0 Å². The predicted octanol–water partition coefficient (Wildman–Crippen LogP) is 3.45. The molecule has 1 N–H and O–H groups in total. The highest BCUT2D eigenvalue weighted by Crippen LogP contribution is 2.40. The highest BCUT2D eigenvalue weighted by Gasteiger charge is 2.32. The number of nitrogens with one attached hydrogen (secondary N) is 1. The molecule has 0 aromatic rings. The van der Waals surface area contributed by atoms with Crippen LogP contribution in [0.25, 0.3) is 0 Å². The van der Waals surface area contributed by atoms with Crippen molar-refractivity contribution in [2.75, 3.05) is 13.1 Å². The Kier molecular flexibility index (Phi) is 3.39. The van der Waals surface area contributed by atoms with Gasteiger partial charge >= 0.3 is 0 Å². The van der Waals surface area contributed by atoms with E-state index in [4.69, 9.17) is 0 Å². The van der Waals surface area contributed by atoms with Gasteiger partial charge in [0.1, 0.15) is 0 Å². The molecule has 0 spiro atoms. The first kappa shape index (κ1) is 11.4. The van der Waals surface area contributed by atoms with E-state index >= 15 is 0 Å². The van der Waals surface area contributed by atoms with Gasteiger partial charge in [-0.15, -0.1) is 0 Å². The highest BCUT2D eigenvalue weighted by molar-refractivity contribution is 4.85. The Labute approximate surface area is 95.0 Å². The second-order valence-corrected chi connectivity index (χ2v) is 6.86. The lowest BCUT2D eigenvalue weighted by Gasteiger charge is -2.40. The van der Waals surface area contributed by atoms with Gasteiger partial charge in [0.25, 0.3) is 0 Å². The normalized spacial score (nSPS) is 38.2. The molecule has 1 heteroatoms. The van der Waals surface area contributed by atoms with Crippen LogP contribution in [0.2, 0.25) is 0 Å². The van der Waals surface area contributed by atoms with E-state index in [0.29, 0.717) is 5.41 Å². The van der Waals surface area contributed by atoms with Crippen LogP contribution in [0.4, 0.5) is 0 Å². The molecule has 0 aromatic carbocycles. The van der Waals surface area contributed by atoms with Crippen LogP contribution in [0.5, 0.6) is 0 Å². The van der Waals surface area contributed by atoms with E-state index in [1.165, 1.54) is 45.2 Å². The average Bonchev–Trinajstić information content (AvgIpc) is 1.95. The van der Waals surface area contributed by atoms with Crippen LogP contribution in [0.15, 0.2) is 0 Å². The van der Waals surface area contributed by atoms with Gasteiger partial charge in [-0.2, -0.15) is 0 Å². The summed E-state index contributed by atoms with van der Waals surface area (Å²) in [6, 6.07) is 0. The molecule has 2 aliphatic heterocycles. The van der Waals surface area contributed by atoms with Crippen LogP contribution >= 0.6 is 0 Å². The molecule has 2 saturated heterocycles. The van der Waals surface area contributed by atoms with E-state index in [1.807, 2.05) is 0 Å². The van der Waals surface area contributed by atoms with E-state index in [0.717, 1.165) is 17.8 Å². The Hall–Kier alpha value is -0.0400. The fourth-order valence-corrected chi connectivity index (χ4v) is 3.40. The Morgan fingerprint density at radius 1 is 0.933 bits per heavy atom. The third-order valence-corrected chi connectivity index (χ3v) is 4.55. The van der Waals surface area contributed by atoms with Gasteiger partial charge in [-0.3, -0.25) is 0 Å². The lowest BCUT2D eigenvalue weighted by molar-refractivity contribution is 0.117. The van der Waals surface area contributed by atoms with E-state index < -0.39 is 0 Å². The molecule has 3 fully saturated rings. The molecule has 15 heavy (non-hydrogen) atoms. The summed E-state index contributed by atoms with van der Waals surface area (Å²) in [5, 5.41) is 3.66. The van der Waals surface area contributed by atoms with Gasteiger partial charge in [0.05, 0.1) is 0 Å². The zero-order valence-corrected chi connectivity index (χ0v) is 10.7. The van der Waals surface area contributed by atoms with Crippen molar-refractivity contribution < 1.29 is 0 Å². The van der Waals surface area contributed by atoms with Crippen LogP contribution in [0.1, 0.15) is 52.9 Å². The van der Waals surface area contributed by atoms with Crippen molar-refractivity contribution in [1.82, 2.24) is 5.32 Å². The zero-order chi connectivity index (χ0) is 10.9. The van der Waals surface area contributed by atoms with Crippen LogP contribution in [0.3, 0.4) is 0 Å². The summed E-state index contributed by atoms with van der Waals surface area (Å²) in [6.07, 6.45) is 7.35. The summed E-state index contributed by atoms with van der Waals surface area (Å²) in [5.74, 6) is 2.86. The number of hydrogen-bond acceptors (Lipinski definition) is 1. The summed E-state index contributed by atoms with van der Waals surface area (Å²) < 4.78 is 0. The zero-order valence-electron chi connectivity index (χ0n) is 10.7. The van der Waals surface area contributed by atoms with Gasteiger partial charge in [0.15, 0.2) is 0 Å². The minimum Gasteiger partial charge on any atom is -0.316 e. The first-order valence-corrected chi connectivity index (χ1v) is 6.76. The lowest BCUT2D eigenvalue weighted by Crippen LogP contribution is -2.39. The van der Waals surface area contributed by atoms with E-state index in [9.17, 15) is 0 Å². The van der Waals surface area contributed by atoms with Crippen LogP contribution < -0.4 is 5.32 Å². The molecule has 1 aliphatic carbocycles. The summed E-state index contributed by atoms with van der Waals surface area (Å²) in [5.41, 5.74) is 0.519. The van der Waals surface area contributed by atoms with E-state index in [1.54, 1.807) is 0 Å². The average molecular weight is 209 g/mol. The molecule has 3 aliphatic rings. The van der Waals surface area contributed by atoms with Crippen LogP contribution in [-0.4, -0.2) is 13.1 Å². The molecule has 2 heterocycles. The molecule has 2 bridgehead atoms. The van der Waals surface area contributed by atoms with Crippen molar-refractivity contribution in [3.63, 3.8) is 0 Å². The Morgan fingerprint density at radius 3 is 1.93 bits per heavy atom. The monoisotopic (exact) mass is 209 g/mol. The van der Waals surface area contributed by atoms with Gasteiger partial charge in [-0.25, -0.2) is 0 Å². The standard InChI is InChI=1S/C14H27N/c1-14(2,3)13-7-11-5-4-6-12(8-13)10-15-9-11/h11-13,15H,4-10H2,1-3H3. The van der Waals surface area contributed by atoms with Gasteiger partial charge in [-0.1, -0.05) is 27.2 Å². The maximum Gasteiger partial charge on any atom is -0.00203 e. The van der Waals surface area contributed by atoms with Crippen LogP contribution in [-0.2, 0) is 0 Å². The van der Waals surface area contributed by atoms with Crippen molar-refractivity contribution in [2.45, 2.75) is 52.9 Å². The minimum absolute atomic E-state index is 0.519. The Bertz CT molecular complexity index is 180. The third-order valence-electron chi connectivity index (χ3n) is 4.55. The summed E-state index contributed by atoms with van der Waals surface area (Å²) in [6.45, 7) is 9.86. The maximum atomic E-state index is 3.66. The second kappa shape index (κ2) is 4.45. The largest absolute Gasteiger partial charge is 0.316 e. The van der Waals surface area contributed by atoms with Crippen molar-refractivity contribution in [3.8, 4) is 0 Å². The fraction of sp³-hybridized carbons (Fsp3) is 1.00. The molecule has 0 amide bonds. The van der Waals surface area contributed by atoms with Gasteiger partial charge in [0, 0.05) is 0 Å². The SMILES string of the molecule is CC(C)(C)C1CC2CCCC(CNC2)C1. The molecule has 1 saturated carbocycles. The topological polar surface area (TPSA) is 12.0 Å². The quantitative estimate of drug-likeness (QED) is 0.644. The van der Waals surface area contributed by atoms with Gasteiger partial charge in [0.2, 0.25) is 0 Å². The van der Waals surface area contributed by atoms with Crippen molar-refractivity contribution >= 4 is 0 Å². The predicted molar refractivity (Wildman–Crippen MR) is 65.9 cm³/mol. The molecular formula is C14H27N. The third kappa shape index (κ3) is 2.96. The molecule has 0 aromatic heterocycles. The van der Waals surface area contributed by atoms with Crippen LogP contribution in [0, 0.1) is 23.2 Å². The maximum absolute atomic E-state index is 3.66. The summed E-state index contributed by atoms with van der Waals surface area (Å²) >= 11 is 0. The summed E-state index contributed by atoms with van der Waals surface area (Å²) in [7, 11) is 0. The number of fused-ring (bicyclic) bond motifs is 6. The van der Waals surface area contributed by atoms with E-state index in [-0.39, 0.29) is 0 Å². The molecule has 3 rings (SSSR count). The highest BCUT2D eigenvalue weighted by atomic mass is 14.9. The molecule has 2 atom stereocenters. The molecule has 2 unspecified atom stereocenters. The number of rotatable bonds is 0. The smallest absolute Gasteiger partial charge is 0.00203 e. The Morgan fingerprint density at radius 2 is 1.47 bits per heavy atom. The molecule has 1 nitrogen and oxygen atoms in total. The molecule has 88 valence electrons. The first-order valence-electron chi connectivity index (χ1n) is 6.76. The fourth-order valence-electron chi connectivity index (χ4n) is 3.40. The lowest BCUT2D eigenvalue weighted by atomic mass is 9.68. The van der Waals surface area contributed by atoms with Crippen molar-refractivity contribution in [3.05, 3.63) is 0 Å². The summed E-state index contributed by atoms with van der Waals surface area (Å²) in [4.78, 5) is 0. The second-order valence-electron chi connectivity index (χ2n) is 6.86. The van der Waals surface area contributed by atoms with Crippen molar-refractivity contribution in [2.24, 2.45) is 23.2 Å². The molecule has 0 radical (unpaired) electrons. The Balaban J connectivity index is 2.08. The van der Waals surface area contributed by atoms with Gasteiger partial charge in [-0.05, 0) is 61.9 Å².